The molecular weight excluding hydrogens is 392 g/mol. The van der Waals surface area contributed by atoms with E-state index in [2.05, 4.69) is 10.6 Å². The van der Waals surface area contributed by atoms with Crippen molar-refractivity contribution in [3.8, 4) is 5.75 Å². The molecule has 0 aliphatic carbocycles. The summed E-state index contributed by atoms with van der Waals surface area (Å²) >= 11 is 0. The van der Waals surface area contributed by atoms with Gasteiger partial charge in [-0.05, 0) is 53.9 Å². The van der Waals surface area contributed by atoms with Crippen LogP contribution in [0.4, 0.5) is 5.69 Å². The number of methoxy groups -OCH3 is 2. The number of rotatable bonds is 9. The molecule has 2 N–H and O–H groups in total. The molecule has 0 aliphatic rings. The van der Waals surface area contributed by atoms with Crippen molar-refractivity contribution in [2.24, 2.45) is 0 Å². The van der Waals surface area contributed by atoms with E-state index in [0.717, 1.165) is 29.0 Å². The lowest BCUT2D eigenvalue weighted by molar-refractivity contribution is 0.0600. The van der Waals surface area contributed by atoms with E-state index >= 15 is 0 Å². The molecule has 6 nitrogen and oxygen atoms in total. The molecule has 6 heteroatoms. The van der Waals surface area contributed by atoms with Gasteiger partial charge in [0.1, 0.15) is 5.75 Å². The first-order valence-corrected chi connectivity index (χ1v) is 10.0. The number of anilines is 1. The third-order valence-electron chi connectivity index (χ3n) is 4.86. The molecule has 0 unspecified atom stereocenters. The van der Waals surface area contributed by atoms with Crippen LogP contribution in [0.1, 0.15) is 31.8 Å². The number of nitrogens with one attached hydrogen (secondary N) is 2. The van der Waals surface area contributed by atoms with Crippen LogP contribution in [0.2, 0.25) is 0 Å². The van der Waals surface area contributed by atoms with Crippen molar-refractivity contribution in [3.05, 3.63) is 95.1 Å². The van der Waals surface area contributed by atoms with Gasteiger partial charge < -0.3 is 20.1 Å². The van der Waals surface area contributed by atoms with Crippen molar-refractivity contribution >= 4 is 17.6 Å². The SMILES string of the molecule is COC(=O)c1cccc(CNc2ccccc2C(=O)NCCc2ccc(OC)cc2)c1. The molecule has 0 spiro atoms. The predicted molar refractivity (Wildman–Crippen MR) is 121 cm³/mol. The lowest BCUT2D eigenvalue weighted by Gasteiger charge is -2.13. The van der Waals surface area contributed by atoms with E-state index in [0.29, 0.717) is 24.2 Å². The second-order valence-corrected chi connectivity index (χ2v) is 6.95. The van der Waals surface area contributed by atoms with Crippen LogP contribution in [0.5, 0.6) is 5.75 Å². The number of hydrogen-bond acceptors (Lipinski definition) is 5. The Bertz CT molecular complexity index is 1030. The molecule has 3 aromatic rings. The summed E-state index contributed by atoms with van der Waals surface area (Å²) < 4.78 is 9.93. The molecule has 160 valence electrons. The van der Waals surface area contributed by atoms with E-state index in [1.54, 1.807) is 31.4 Å². The number of esters is 1. The van der Waals surface area contributed by atoms with Crippen LogP contribution in [0.15, 0.2) is 72.8 Å². The maximum absolute atomic E-state index is 12.7. The summed E-state index contributed by atoms with van der Waals surface area (Å²) in [6.07, 6.45) is 0.728. The molecule has 0 atom stereocenters. The highest BCUT2D eigenvalue weighted by molar-refractivity contribution is 5.99. The van der Waals surface area contributed by atoms with Gasteiger partial charge in [0.15, 0.2) is 0 Å². The second kappa shape index (κ2) is 10.8. The molecule has 1 amide bonds. The molecule has 0 fully saturated rings. The molecule has 0 aromatic heterocycles. The lowest BCUT2D eigenvalue weighted by atomic mass is 10.1. The lowest BCUT2D eigenvalue weighted by Crippen LogP contribution is -2.26. The number of hydrogen-bond donors (Lipinski definition) is 2. The molecular formula is C25H26N2O4. The average Bonchev–Trinajstić information content (AvgIpc) is 2.83. The first-order valence-electron chi connectivity index (χ1n) is 10.0. The number of benzene rings is 3. The van der Waals surface area contributed by atoms with Crippen LogP contribution in [0.25, 0.3) is 0 Å². The average molecular weight is 418 g/mol. The minimum absolute atomic E-state index is 0.139. The van der Waals surface area contributed by atoms with Gasteiger partial charge in [-0.15, -0.1) is 0 Å². The summed E-state index contributed by atoms with van der Waals surface area (Å²) in [6, 6.07) is 22.4. The van der Waals surface area contributed by atoms with E-state index in [9.17, 15) is 9.59 Å². The van der Waals surface area contributed by atoms with Crippen LogP contribution in [-0.2, 0) is 17.7 Å². The molecule has 0 radical (unpaired) electrons. The summed E-state index contributed by atoms with van der Waals surface area (Å²) in [5.74, 6) is 0.295. The first-order chi connectivity index (χ1) is 15.1. The molecule has 0 saturated carbocycles. The number of amides is 1. The minimum atomic E-state index is -0.376. The Kier molecular flexibility index (Phi) is 7.65. The number of carbonyl (C=O) groups excluding carboxylic acids is 2. The zero-order chi connectivity index (χ0) is 22.1. The van der Waals surface area contributed by atoms with Crippen molar-refractivity contribution < 1.29 is 19.1 Å². The van der Waals surface area contributed by atoms with Gasteiger partial charge in [0, 0.05) is 18.8 Å². The Morgan fingerprint density at radius 2 is 1.65 bits per heavy atom. The fourth-order valence-corrected chi connectivity index (χ4v) is 3.17. The number of ether oxygens (including phenoxy) is 2. The van der Waals surface area contributed by atoms with Crippen LogP contribution in [0.3, 0.4) is 0 Å². The summed E-state index contributed by atoms with van der Waals surface area (Å²) in [7, 11) is 2.99. The van der Waals surface area contributed by atoms with Gasteiger partial charge in [-0.2, -0.15) is 0 Å². The van der Waals surface area contributed by atoms with Crippen LogP contribution in [0, 0.1) is 0 Å². The van der Waals surface area contributed by atoms with Crippen LogP contribution < -0.4 is 15.4 Å². The van der Waals surface area contributed by atoms with Crippen LogP contribution in [-0.4, -0.2) is 32.6 Å². The highest BCUT2D eigenvalue weighted by Crippen LogP contribution is 2.17. The quantitative estimate of drug-likeness (QED) is 0.513. The Morgan fingerprint density at radius 1 is 0.871 bits per heavy atom. The largest absolute Gasteiger partial charge is 0.497 e. The monoisotopic (exact) mass is 418 g/mol. The molecule has 0 aliphatic heterocycles. The molecule has 0 heterocycles. The van der Waals surface area contributed by atoms with Crippen LogP contribution >= 0.6 is 0 Å². The normalized spacial score (nSPS) is 10.3. The Morgan fingerprint density at radius 3 is 2.39 bits per heavy atom. The third-order valence-corrected chi connectivity index (χ3v) is 4.86. The summed E-state index contributed by atoms with van der Waals surface area (Å²) in [4.78, 5) is 24.4. The maximum atomic E-state index is 12.7. The van der Waals surface area contributed by atoms with Crippen molar-refractivity contribution in [3.63, 3.8) is 0 Å². The fraction of sp³-hybridized carbons (Fsp3) is 0.200. The summed E-state index contributed by atoms with van der Waals surface area (Å²) in [5, 5.41) is 6.26. The van der Waals surface area contributed by atoms with Crippen molar-refractivity contribution in [1.82, 2.24) is 5.32 Å². The van der Waals surface area contributed by atoms with Gasteiger partial charge >= 0.3 is 5.97 Å². The van der Waals surface area contributed by atoms with Crippen molar-refractivity contribution in [2.75, 3.05) is 26.1 Å². The van der Waals surface area contributed by atoms with E-state index in [1.165, 1.54) is 7.11 Å². The van der Waals surface area contributed by atoms with Gasteiger partial charge in [-0.25, -0.2) is 4.79 Å². The maximum Gasteiger partial charge on any atom is 0.337 e. The van der Waals surface area contributed by atoms with Gasteiger partial charge in [0.2, 0.25) is 0 Å². The molecule has 3 aromatic carbocycles. The van der Waals surface area contributed by atoms with E-state index in [1.807, 2.05) is 48.5 Å². The fourth-order valence-electron chi connectivity index (χ4n) is 3.17. The first kappa shape index (κ1) is 21.9. The molecule has 0 saturated heterocycles. The Labute approximate surface area is 182 Å². The van der Waals surface area contributed by atoms with Crippen molar-refractivity contribution in [2.45, 2.75) is 13.0 Å². The highest BCUT2D eigenvalue weighted by Gasteiger charge is 2.11. The van der Waals surface area contributed by atoms with Gasteiger partial charge in [0.25, 0.3) is 5.91 Å². The van der Waals surface area contributed by atoms with Crippen molar-refractivity contribution in [1.29, 1.82) is 0 Å². The second-order valence-electron chi connectivity index (χ2n) is 6.95. The minimum Gasteiger partial charge on any atom is -0.497 e. The van der Waals surface area contributed by atoms with E-state index < -0.39 is 0 Å². The number of para-hydroxylation sites is 1. The van der Waals surface area contributed by atoms with Gasteiger partial charge in [-0.3, -0.25) is 4.79 Å². The smallest absolute Gasteiger partial charge is 0.337 e. The predicted octanol–water partition coefficient (Wildman–Crippen LogP) is 4.07. The van der Waals surface area contributed by atoms with Gasteiger partial charge in [0.05, 0.1) is 25.3 Å². The van der Waals surface area contributed by atoms with E-state index in [-0.39, 0.29) is 11.9 Å². The van der Waals surface area contributed by atoms with E-state index in [4.69, 9.17) is 9.47 Å². The zero-order valence-corrected chi connectivity index (χ0v) is 17.7. The third kappa shape index (κ3) is 6.09. The number of carbonyl (C=O) groups is 2. The zero-order valence-electron chi connectivity index (χ0n) is 17.7. The molecule has 31 heavy (non-hydrogen) atoms. The Balaban J connectivity index is 1.59. The molecule has 3 rings (SSSR count). The van der Waals surface area contributed by atoms with Gasteiger partial charge in [-0.1, -0.05) is 36.4 Å². The highest BCUT2D eigenvalue weighted by atomic mass is 16.5. The summed E-state index contributed by atoms with van der Waals surface area (Å²) in [5.41, 5.74) is 3.83. The summed E-state index contributed by atoms with van der Waals surface area (Å²) in [6.45, 7) is 1.00. The topological polar surface area (TPSA) is 76.7 Å². The molecule has 0 bridgehead atoms. The Hall–Kier alpha value is -3.80. The standard InChI is InChI=1S/C25H26N2O4/c1-30-21-12-10-18(11-13-21)14-15-26-24(28)22-8-3-4-9-23(22)27-17-19-6-5-7-20(16-19)25(29)31-2/h3-13,16,27H,14-15,17H2,1-2H3,(H,26,28).